The van der Waals surface area contributed by atoms with E-state index in [0.717, 1.165) is 17.5 Å². The molecule has 1 unspecified atom stereocenters. The van der Waals surface area contributed by atoms with Gasteiger partial charge in [0.25, 0.3) is 0 Å². The zero-order valence-electron chi connectivity index (χ0n) is 20.5. The Bertz CT molecular complexity index is 1220. The first-order valence-electron chi connectivity index (χ1n) is 12.5. The van der Waals surface area contributed by atoms with Gasteiger partial charge in [-0.15, -0.1) is 0 Å². The molecule has 0 radical (unpaired) electrons. The number of aliphatic hydroxyl groups excluding tert-OH is 2. The monoisotopic (exact) mass is 480 g/mol. The van der Waals surface area contributed by atoms with Gasteiger partial charge in [-0.1, -0.05) is 97.1 Å². The summed E-state index contributed by atoms with van der Waals surface area (Å²) < 4.78 is 12.3. The number of benzene rings is 4. The smallest absolute Gasteiger partial charge is 0.210 e. The second-order valence-electron chi connectivity index (χ2n) is 9.67. The summed E-state index contributed by atoms with van der Waals surface area (Å²) in [7, 11) is 0. The van der Waals surface area contributed by atoms with Gasteiger partial charge in [0.2, 0.25) is 5.79 Å². The highest BCUT2D eigenvalue weighted by atomic mass is 16.7. The van der Waals surface area contributed by atoms with E-state index in [1.807, 2.05) is 25.1 Å². The molecule has 1 aliphatic rings. The molecular formula is C32H32O4. The molecule has 4 heteroatoms. The zero-order valence-corrected chi connectivity index (χ0v) is 20.5. The SMILES string of the molecule is CC1(Oc2cc(Cc3ccccc3)cc(C(c3ccccc3)c3ccccc3)c2)C[C@H](O)[C@@H](CO)O1. The van der Waals surface area contributed by atoms with Crippen LogP contribution in [0.3, 0.4) is 0 Å². The van der Waals surface area contributed by atoms with Crippen LogP contribution in [0.1, 0.15) is 47.1 Å². The van der Waals surface area contributed by atoms with Gasteiger partial charge >= 0.3 is 0 Å². The molecule has 0 saturated carbocycles. The fourth-order valence-electron chi connectivity index (χ4n) is 5.15. The normalized spacial score (nSPS) is 21.6. The van der Waals surface area contributed by atoms with E-state index < -0.39 is 18.0 Å². The molecule has 4 nitrogen and oxygen atoms in total. The van der Waals surface area contributed by atoms with Crippen LogP contribution in [0.5, 0.6) is 5.75 Å². The minimum Gasteiger partial charge on any atom is -0.463 e. The maximum atomic E-state index is 10.3. The molecule has 36 heavy (non-hydrogen) atoms. The average molecular weight is 481 g/mol. The van der Waals surface area contributed by atoms with Crippen LogP contribution in [-0.4, -0.2) is 34.8 Å². The summed E-state index contributed by atoms with van der Waals surface area (Å²) in [6.45, 7) is 1.57. The standard InChI is InChI=1S/C32H32O4/c1-32(21-29(34)30(22-33)36-32)35-28-19-24(17-23-11-5-2-6-12-23)18-27(20-28)31(25-13-7-3-8-14-25)26-15-9-4-10-16-26/h2-16,18-20,29-31,33-34H,17,21-22H2,1H3/t29-,30+,32?/m0/s1. The van der Waals surface area contributed by atoms with Crippen LogP contribution in [0, 0.1) is 0 Å². The number of ether oxygens (including phenoxy) is 2. The topological polar surface area (TPSA) is 58.9 Å². The lowest BCUT2D eigenvalue weighted by Crippen LogP contribution is -2.33. The van der Waals surface area contributed by atoms with Crippen molar-refractivity contribution in [3.05, 3.63) is 137 Å². The van der Waals surface area contributed by atoms with Crippen molar-refractivity contribution < 1.29 is 19.7 Å². The lowest BCUT2D eigenvalue weighted by Gasteiger charge is -2.27. The summed E-state index contributed by atoms with van der Waals surface area (Å²) in [5.41, 5.74) is 5.87. The van der Waals surface area contributed by atoms with E-state index >= 15 is 0 Å². The lowest BCUT2D eigenvalue weighted by atomic mass is 9.84. The van der Waals surface area contributed by atoms with Crippen molar-refractivity contribution in [1.29, 1.82) is 0 Å². The first kappa shape index (κ1) is 24.3. The van der Waals surface area contributed by atoms with Crippen LogP contribution in [0.25, 0.3) is 0 Å². The molecule has 1 aliphatic heterocycles. The molecule has 3 atom stereocenters. The first-order valence-corrected chi connectivity index (χ1v) is 12.5. The van der Waals surface area contributed by atoms with Crippen molar-refractivity contribution in [2.24, 2.45) is 0 Å². The Morgan fingerprint density at radius 1 is 0.806 bits per heavy atom. The van der Waals surface area contributed by atoms with E-state index in [-0.39, 0.29) is 18.9 Å². The van der Waals surface area contributed by atoms with Crippen LogP contribution in [0.15, 0.2) is 109 Å². The Hall–Kier alpha value is -3.44. The van der Waals surface area contributed by atoms with Gasteiger partial charge in [-0.2, -0.15) is 0 Å². The van der Waals surface area contributed by atoms with Crippen LogP contribution >= 0.6 is 0 Å². The van der Waals surface area contributed by atoms with E-state index in [1.54, 1.807) is 0 Å². The second kappa shape index (κ2) is 10.7. The number of rotatable bonds is 8. The Balaban J connectivity index is 1.58. The molecule has 0 aromatic heterocycles. The van der Waals surface area contributed by atoms with Crippen molar-refractivity contribution in [2.45, 2.75) is 43.7 Å². The fourth-order valence-corrected chi connectivity index (χ4v) is 5.15. The minimum absolute atomic E-state index is 0.0264. The van der Waals surface area contributed by atoms with Gasteiger partial charge in [0, 0.05) is 19.3 Å². The van der Waals surface area contributed by atoms with Gasteiger partial charge in [0.1, 0.15) is 11.9 Å². The summed E-state index contributed by atoms with van der Waals surface area (Å²) in [6.07, 6.45) is -0.366. The second-order valence-corrected chi connectivity index (χ2v) is 9.67. The Morgan fingerprint density at radius 2 is 1.39 bits per heavy atom. The van der Waals surface area contributed by atoms with Crippen molar-refractivity contribution in [3.63, 3.8) is 0 Å². The van der Waals surface area contributed by atoms with Crippen LogP contribution < -0.4 is 4.74 Å². The molecule has 4 aromatic carbocycles. The maximum Gasteiger partial charge on any atom is 0.210 e. The van der Waals surface area contributed by atoms with Gasteiger partial charge < -0.3 is 19.7 Å². The molecule has 1 heterocycles. The molecule has 184 valence electrons. The van der Waals surface area contributed by atoms with Gasteiger partial charge in [-0.3, -0.25) is 0 Å². The van der Waals surface area contributed by atoms with Gasteiger partial charge in [-0.05, 0) is 46.4 Å². The highest BCUT2D eigenvalue weighted by molar-refractivity contribution is 5.48. The van der Waals surface area contributed by atoms with Gasteiger partial charge in [0.05, 0.1) is 12.7 Å². The predicted octanol–water partition coefficient (Wildman–Crippen LogP) is 5.69. The summed E-state index contributed by atoms with van der Waals surface area (Å²) in [5, 5.41) is 19.9. The lowest BCUT2D eigenvalue weighted by molar-refractivity contribution is -0.167. The maximum absolute atomic E-state index is 10.3. The third kappa shape index (κ3) is 5.52. The highest BCUT2D eigenvalue weighted by Gasteiger charge is 2.44. The molecule has 0 amide bonds. The minimum atomic E-state index is -1.02. The highest BCUT2D eigenvalue weighted by Crippen LogP contribution is 2.38. The van der Waals surface area contributed by atoms with Crippen LogP contribution in [0.2, 0.25) is 0 Å². The Labute approximate surface area is 212 Å². The fraction of sp³-hybridized carbons (Fsp3) is 0.250. The Kier molecular flexibility index (Phi) is 7.19. The van der Waals surface area contributed by atoms with Crippen molar-refractivity contribution in [1.82, 2.24) is 0 Å². The Morgan fingerprint density at radius 3 is 1.94 bits per heavy atom. The summed E-state index contributed by atoms with van der Waals surface area (Å²) in [5.74, 6) is -0.313. The molecule has 2 N–H and O–H groups in total. The van der Waals surface area contributed by atoms with Crippen LogP contribution in [-0.2, 0) is 11.2 Å². The molecule has 4 aromatic rings. The first-order chi connectivity index (χ1) is 17.5. The summed E-state index contributed by atoms with van der Waals surface area (Å²) in [6, 6.07) is 37.8. The predicted molar refractivity (Wildman–Crippen MR) is 141 cm³/mol. The third-order valence-corrected chi connectivity index (χ3v) is 6.76. The molecule has 0 aliphatic carbocycles. The van der Waals surface area contributed by atoms with E-state index in [0.29, 0.717) is 5.75 Å². The largest absolute Gasteiger partial charge is 0.463 e. The van der Waals surface area contributed by atoms with E-state index in [1.165, 1.54) is 16.7 Å². The summed E-state index contributed by atoms with van der Waals surface area (Å²) in [4.78, 5) is 0. The van der Waals surface area contributed by atoms with Crippen molar-refractivity contribution in [2.75, 3.05) is 6.61 Å². The van der Waals surface area contributed by atoms with Gasteiger partial charge in [0.15, 0.2) is 0 Å². The average Bonchev–Trinajstić information content (AvgIpc) is 3.18. The van der Waals surface area contributed by atoms with E-state index in [4.69, 9.17) is 9.47 Å². The number of aliphatic hydroxyl groups is 2. The quantitative estimate of drug-likeness (QED) is 0.318. The zero-order chi connectivity index (χ0) is 25.0. The molecular weight excluding hydrogens is 448 g/mol. The number of hydrogen-bond donors (Lipinski definition) is 2. The van der Waals surface area contributed by atoms with Crippen molar-refractivity contribution in [3.8, 4) is 5.75 Å². The molecule has 0 bridgehead atoms. The molecule has 0 spiro atoms. The third-order valence-electron chi connectivity index (χ3n) is 6.76. The van der Waals surface area contributed by atoms with Crippen LogP contribution in [0.4, 0.5) is 0 Å². The summed E-state index contributed by atoms with van der Waals surface area (Å²) >= 11 is 0. The van der Waals surface area contributed by atoms with E-state index in [9.17, 15) is 10.2 Å². The van der Waals surface area contributed by atoms with Crippen molar-refractivity contribution >= 4 is 0 Å². The molecule has 1 fully saturated rings. The van der Waals surface area contributed by atoms with E-state index in [2.05, 4.69) is 91.0 Å². The number of hydrogen-bond acceptors (Lipinski definition) is 4. The molecule has 5 rings (SSSR count). The van der Waals surface area contributed by atoms with Gasteiger partial charge in [-0.25, -0.2) is 0 Å². The molecule has 1 saturated heterocycles.